The summed E-state index contributed by atoms with van der Waals surface area (Å²) >= 11 is 0. The summed E-state index contributed by atoms with van der Waals surface area (Å²) in [5, 5.41) is 0. The molecule has 0 atom stereocenters. The number of aromatic nitrogens is 1. The zero-order valence-electron chi connectivity index (χ0n) is 6.78. The Bertz CT molecular complexity index is 351. The van der Waals surface area contributed by atoms with E-state index in [1.54, 1.807) is 0 Å². The molecule has 5 heteroatoms. The summed E-state index contributed by atoms with van der Waals surface area (Å²) in [5.74, 6) is -1.62. The minimum Gasteiger partial charge on any atom is -0.465 e. The van der Waals surface area contributed by atoms with Crippen molar-refractivity contribution >= 4 is 12.3 Å². The summed E-state index contributed by atoms with van der Waals surface area (Å²) < 4.78 is 17.2. The molecule has 0 aliphatic heterocycles. The maximum absolute atomic E-state index is 12.8. The topological polar surface area (TPSA) is 56.3 Å². The van der Waals surface area contributed by atoms with Crippen molar-refractivity contribution in [2.24, 2.45) is 0 Å². The van der Waals surface area contributed by atoms with Crippen LogP contribution < -0.4 is 0 Å². The van der Waals surface area contributed by atoms with E-state index in [-0.39, 0.29) is 17.4 Å². The summed E-state index contributed by atoms with van der Waals surface area (Å²) in [7, 11) is 1.14. The first-order chi connectivity index (χ1) is 6.20. The maximum Gasteiger partial charge on any atom is 0.340 e. The lowest BCUT2D eigenvalue weighted by molar-refractivity contribution is 0.0597. The molecule has 13 heavy (non-hydrogen) atoms. The predicted octanol–water partition coefficient (Wildman–Crippen LogP) is 0.820. The van der Waals surface area contributed by atoms with Crippen molar-refractivity contribution in [3.05, 3.63) is 29.3 Å². The van der Waals surface area contributed by atoms with Gasteiger partial charge in [-0.1, -0.05) is 0 Å². The highest BCUT2D eigenvalue weighted by atomic mass is 19.1. The second-order valence-electron chi connectivity index (χ2n) is 2.19. The third kappa shape index (κ3) is 1.69. The standard InChI is InChI=1S/C8H6FNO3/c1-13-8(12)5-2-10-3-7(9)6(5)4-11/h2-4H,1H3. The molecular formula is C8H6FNO3. The van der Waals surface area contributed by atoms with Gasteiger partial charge in [0.25, 0.3) is 0 Å². The van der Waals surface area contributed by atoms with E-state index >= 15 is 0 Å². The van der Waals surface area contributed by atoms with Gasteiger partial charge >= 0.3 is 5.97 Å². The molecule has 0 saturated heterocycles. The Kier molecular flexibility index (Phi) is 2.69. The Morgan fingerprint density at radius 2 is 2.31 bits per heavy atom. The minimum atomic E-state index is -0.835. The molecule has 1 aromatic rings. The quantitative estimate of drug-likeness (QED) is 0.503. The van der Waals surface area contributed by atoms with Gasteiger partial charge in [-0.15, -0.1) is 0 Å². The van der Waals surface area contributed by atoms with Crippen LogP contribution >= 0.6 is 0 Å². The normalized spacial score (nSPS) is 9.38. The average Bonchev–Trinajstić information content (AvgIpc) is 2.16. The van der Waals surface area contributed by atoms with Crippen molar-refractivity contribution in [3.8, 4) is 0 Å². The highest BCUT2D eigenvalue weighted by molar-refractivity contribution is 5.97. The number of carbonyl (C=O) groups is 2. The zero-order valence-corrected chi connectivity index (χ0v) is 6.78. The van der Waals surface area contributed by atoms with E-state index in [0.717, 1.165) is 19.5 Å². The second-order valence-corrected chi connectivity index (χ2v) is 2.19. The molecule has 4 nitrogen and oxygen atoms in total. The van der Waals surface area contributed by atoms with Crippen LogP contribution in [0.5, 0.6) is 0 Å². The Hall–Kier alpha value is -1.78. The summed E-state index contributed by atoms with van der Waals surface area (Å²) in [6, 6.07) is 0. The number of ether oxygens (including phenoxy) is 1. The van der Waals surface area contributed by atoms with Crippen LogP contribution in [0, 0.1) is 5.82 Å². The molecule has 0 spiro atoms. The zero-order chi connectivity index (χ0) is 9.84. The fraction of sp³-hybridized carbons (Fsp3) is 0.125. The first kappa shape index (κ1) is 9.31. The van der Waals surface area contributed by atoms with Crippen LogP contribution in [0.1, 0.15) is 20.7 Å². The van der Waals surface area contributed by atoms with Gasteiger partial charge < -0.3 is 4.74 Å². The SMILES string of the molecule is COC(=O)c1cncc(F)c1C=O. The number of hydrogen-bond acceptors (Lipinski definition) is 4. The van der Waals surface area contributed by atoms with Crippen molar-refractivity contribution in [2.45, 2.75) is 0 Å². The molecule has 68 valence electrons. The average molecular weight is 183 g/mol. The number of esters is 1. The first-order valence-corrected chi connectivity index (χ1v) is 3.37. The van der Waals surface area contributed by atoms with Crippen molar-refractivity contribution in [3.63, 3.8) is 0 Å². The van der Waals surface area contributed by atoms with Crippen molar-refractivity contribution in [1.82, 2.24) is 4.98 Å². The predicted molar refractivity (Wildman–Crippen MR) is 40.9 cm³/mol. The lowest BCUT2D eigenvalue weighted by atomic mass is 10.1. The van der Waals surface area contributed by atoms with Gasteiger partial charge in [-0.2, -0.15) is 0 Å². The van der Waals surface area contributed by atoms with Gasteiger partial charge in [0.1, 0.15) is 0 Å². The van der Waals surface area contributed by atoms with Crippen LogP contribution in [-0.4, -0.2) is 24.3 Å². The fourth-order valence-corrected chi connectivity index (χ4v) is 0.837. The van der Waals surface area contributed by atoms with Gasteiger partial charge in [0.2, 0.25) is 0 Å². The molecule has 0 amide bonds. The van der Waals surface area contributed by atoms with Crippen LogP contribution in [0.3, 0.4) is 0 Å². The Morgan fingerprint density at radius 3 is 2.85 bits per heavy atom. The molecule has 0 fully saturated rings. The third-order valence-corrected chi connectivity index (χ3v) is 1.46. The van der Waals surface area contributed by atoms with Gasteiger partial charge in [0.05, 0.1) is 24.4 Å². The number of pyridine rings is 1. The molecule has 1 heterocycles. The molecule has 0 N–H and O–H groups in total. The Morgan fingerprint density at radius 1 is 1.62 bits per heavy atom. The molecule has 0 unspecified atom stereocenters. The highest BCUT2D eigenvalue weighted by Crippen LogP contribution is 2.10. The first-order valence-electron chi connectivity index (χ1n) is 3.37. The molecule has 0 aromatic carbocycles. The number of rotatable bonds is 2. The van der Waals surface area contributed by atoms with E-state index in [4.69, 9.17) is 0 Å². The lowest BCUT2D eigenvalue weighted by Crippen LogP contribution is -2.07. The fourth-order valence-electron chi connectivity index (χ4n) is 0.837. The van der Waals surface area contributed by atoms with Crippen molar-refractivity contribution < 1.29 is 18.7 Å². The number of hydrogen-bond donors (Lipinski definition) is 0. The smallest absolute Gasteiger partial charge is 0.340 e. The largest absolute Gasteiger partial charge is 0.465 e. The van der Waals surface area contributed by atoms with Crippen LogP contribution in [0.25, 0.3) is 0 Å². The van der Waals surface area contributed by atoms with E-state index in [9.17, 15) is 14.0 Å². The summed E-state index contributed by atoms with van der Waals surface area (Å²) in [6.45, 7) is 0. The van der Waals surface area contributed by atoms with Gasteiger partial charge in [-0.3, -0.25) is 9.78 Å². The second kappa shape index (κ2) is 3.75. The minimum absolute atomic E-state index is 0.169. The Balaban J connectivity index is 3.28. The molecule has 0 bridgehead atoms. The summed E-state index contributed by atoms with van der Waals surface area (Å²) in [4.78, 5) is 24.8. The van der Waals surface area contributed by atoms with Gasteiger partial charge in [0.15, 0.2) is 12.1 Å². The highest BCUT2D eigenvalue weighted by Gasteiger charge is 2.15. The van der Waals surface area contributed by atoms with E-state index in [1.165, 1.54) is 0 Å². The third-order valence-electron chi connectivity index (χ3n) is 1.46. The molecule has 0 aliphatic carbocycles. The van der Waals surface area contributed by atoms with Crippen LogP contribution in [0.4, 0.5) is 4.39 Å². The van der Waals surface area contributed by atoms with Gasteiger partial charge in [0, 0.05) is 6.20 Å². The van der Waals surface area contributed by atoms with Crippen molar-refractivity contribution in [2.75, 3.05) is 7.11 Å². The van der Waals surface area contributed by atoms with E-state index in [2.05, 4.69) is 9.72 Å². The van der Waals surface area contributed by atoms with Gasteiger partial charge in [-0.05, 0) is 0 Å². The van der Waals surface area contributed by atoms with Gasteiger partial charge in [-0.25, -0.2) is 9.18 Å². The van der Waals surface area contributed by atoms with E-state index < -0.39 is 11.8 Å². The molecule has 1 rings (SSSR count). The van der Waals surface area contributed by atoms with E-state index in [0.29, 0.717) is 0 Å². The molecule has 0 saturated carbocycles. The number of methoxy groups -OCH3 is 1. The number of nitrogens with zero attached hydrogens (tertiary/aromatic N) is 1. The van der Waals surface area contributed by atoms with Crippen molar-refractivity contribution in [1.29, 1.82) is 0 Å². The number of aldehydes is 1. The molecular weight excluding hydrogens is 177 g/mol. The summed E-state index contributed by atoms with van der Waals surface area (Å²) in [6.07, 6.45) is 2.19. The number of carbonyl (C=O) groups excluding carboxylic acids is 2. The van der Waals surface area contributed by atoms with E-state index in [1.807, 2.05) is 0 Å². The van der Waals surface area contributed by atoms with Crippen LogP contribution in [-0.2, 0) is 4.74 Å². The summed E-state index contributed by atoms with van der Waals surface area (Å²) in [5.41, 5.74) is -0.501. The number of halogens is 1. The van der Waals surface area contributed by atoms with Crippen LogP contribution in [0.2, 0.25) is 0 Å². The Labute approximate surface area is 73.3 Å². The van der Waals surface area contributed by atoms with Crippen LogP contribution in [0.15, 0.2) is 12.4 Å². The monoisotopic (exact) mass is 183 g/mol. The molecule has 0 radical (unpaired) electrons. The maximum atomic E-state index is 12.8. The molecule has 0 aliphatic rings. The lowest BCUT2D eigenvalue weighted by Gasteiger charge is -2.01. The molecule has 1 aromatic heterocycles.